The van der Waals surface area contributed by atoms with Crippen molar-refractivity contribution >= 4 is 11.9 Å². The van der Waals surface area contributed by atoms with E-state index in [2.05, 4.69) is 13.0 Å². The topological polar surface area (TPSA) is 35.5 Å². The SMILES string of the molecule is CC/C=C/c1ccc(Oc2ccc(C(C)=O)cc2)c(OC)c1. The third kappa shape index (κ3) is 3.98. The average molecular weight is 296 g/mol. The first-order valence-corrected chi connectivity index (χ1v) is 7.27. The first kappa shape index (κ1) is 15.8. The van der Waals surface area contributed by atoms with Crippen LogP contribution in [0.15, 0.2) is 48.5 Å². The fourth-order valence-corrected chi connectivity index (χ4v) is 2.01. The Morgan fingerprint density at radius 1 is 1.09 bits per heavy atom. The number of benzene rings is 2. The number of allylic oxidation sites excluding steroid dienone is 1. The molecule has 2 aromatic carbocycles. The highest BCUT2D eigenvalue weighted by Crippen LogP contribution is 2.32. The van der Waals surface area contributed by atoms with E-state index in [9.17, 15) is 4.79 Å². The number of hydrogen-bond acceptors (Lipinski definition) is 3. The van der Waals surface area contributed by atoms with Gasteiger partial charge < -0.3 is 9.47 Å². The fraction of sp³-hybridized carbons (Fsp3) is 0.211. The normalized spacial score (nSPS) is 10.7. The molecule has 0 unspecified atom stereocenters. The van der Waals surface area contributed by atoms with E-state index < -0.39 is 0 Å². The van der Waals surface area contributed by atoms with E-state index in [0.717, 1.165) is 12.0 Å². The first-order chi connectivity index (χ1) is 10.6. The Balaban J connectivity index is 2.21. The lowest BCUT2D eigenvalue weighted by Crippen LogP contribution is -1.93. The van der Waals surface area contributed by atoms with Crippen LogP contribution in [0.25, 0.3) is 6.08 Å². The summed E-state index contributed by atoms with van der Waals surface area (Å²) in [5.74, 6) is 2.02. The highest BCUT2D eigenvalue weighted by molar-refractivity contribution is 5.94. The van der Waals surface area contributed by atoms with Crippen LogP contribution >= 0.6 is 0 Å². The Morgan fingerprint density at radius 2 is 1.82 bits per heavy atom. The second kappa shape index (κ2) is 7.46. The second-order valence-corrected chi connectivity index (χ2v) is 4.90. The molecule has 0 heterocycles. The van der Waals surface area contributed by atoms with Crippen molar-refractivity contribution < 1.29 is 14.3 Å². The number of methoxy groups -OCH3 is 1. The smallest absolute Gasteiger partial charge is 0.169 e. The van der Waals surface area contributed by atoms with E-state index in [-0.39, 0.29) is 5.78 Å². The van der Waals surface area contributed by atoms with Crippen molar-refractivity contribution in [3.05, 3.63) is 59.7 Å². The minimum absolute atomic E-state index is 0.0381. The summed E-state index contributed by atoms with van der Waals surface area (Å²) in [5, 5.41) is 0. The zero-order chi connectivity index (χ0) is 15.9. The molecule has 2 aromatic rings. The summed E-state index contributed by atoms with van der Waals surface area (Å²) in [4.78, 5) is 11.3. The van der Waals surface area contributed by atoms with Crippen LogP contribution in [-0.2, 0) is 0 Å². The van der Waals surface area contributed by atoms with Crippen molar-refractivity contribution in [1.82, 2.24) is 0 Å². The molecule has 0 amide bonds. The minimum Gasteiger partial charge on any atom is -0.493 e. The molecule has 0 spiro atoms. The van der Waals surface area contributed by atoms with Crippen LogP contribution in [0.2, 0.25) is 0 Å². The maximum absolute atomic E-state index is 11.3. The van der Waals surface area contributed by atoms with Gasteiger partial charge in [0.1, 0.15) is 5.75 Å². The number of Topliss-reactive ketones (excluding diaryl/α,β-unsaturated/α-hetero) is 1. The molecule has 0 radical (unpaired) electrons. The molecule has 0 aliphatic heterocycles. The molecular weight excluding hydrogens is 276 g/mol. The van der Waals surface area contributed by atoms with Crippen molar-refractivity contribution in [2.45, 2.75) is 20.3 Å². The number of ether oxygens (including phenoxy) is 2. The lowest BCUT2D eigenvalue weighted by molar-refractivity contribution is 0.101. The molecule has 22 heavy (non-hydrogen) atoms. The molecule has 3 heteroatoms. The van der Waals surface area contributed by atoms with Crippen LogP contribution < -0.4 is 9.47 Å². The van der Waals surface area contributed by atoms with Gasteiger partial charge in [-0.05, 0) is 55.3 Å². The van der Waals surface area contributed by atoms with Gasteiger partial charge >= 0.3 is 0 Å². The van der Waals surface area contributed by atoms with Crippen LogP contribution in [-0.4, -0.2) is 12.9 Å². The molecule has 0 saturated carbocycles. The molecule has 3 nitrogen and oxygen atoms in total. The number of rotatable bonds is 6. The summed E-state index contributed by atoms with van der Waals surface area (Å²) < 4.78 is 11.2. The molecular formula is C19H20O3. The zero-order valence-corrected chi connectivity index (χ0v) is 13.1. The van der Waals surface area contributed by atoms with Crippen molar-refractivity contribution in [2.75, 3.05) is 7.11 Å². The molecule has 0 saturated heterocycles. The Bertz CT molecular complexity index is 670. The summed E-state index contributed by atoms with van der Waals surface area (Å²) in [6, 6.07) is 12.9. The van der Waals surface area contributed by atoms with E-state index in [0.29, 0.717) is 22.8 Å². The van der Waals surface area contributed by atoms with E-state index in [1.165, 1.54) is 0 Å². The fourth-order valence-electron chi connectivity index (χ4n) is 2.01. The summed E-state index contributed by atoms with van der Waals surface area (Å²) in [5.41, 5.74) is 1.73. The van der Waals surface area contributed by atoms with Crippen LogP contribution in [0.3, 0.4) is 0 Å². The first-order valence-electron chi connectivity index (χ1n) is 7.27. The maximum Gasteiger partial charge on any atom is 0.169 e. The lowest BCUT2D eigenvalue weighted by atomic mass is 10.1. The maximum atomic E-state index is 11.3. The third-order valence-corrected chi connectivity index (χ3v) is 3.22. The molecule has 0 fully saturated rings. The van der Waals surface area contributed by atoms with Gasteiger partial charge in [0.05, 0.1) is 7.11 Å². The summed E-state index contributed by atoms with van der Waals surface area (Å²) in [6.07, 6.45) is 5.13. The summed E-state index contributed by atoms with van der Waals surface area (Å²) >= 11 is 0. The quantitative estimate of drug-likeness (QED) is 0.695. The standard InChI is InChI=1S/C19H20O3/c1-4-5-6-15-7-12-18(19(13-15)21-3)22-17-10-8-16(9-11-17)14(2)20/h5-13H,4H2,1-3H3/b6-5+. The monoisotopic (exact) mass is 296 g/mol. The minimum atomic E-state index is 0.0381. The van der Waals surface area contributed by atoms with Crippen molar-refractivity contribution in [2.24, 2.45) is 0 Å². The van der Waals surface area contributed by atoms with Gasteiger partial charge in [-0.1, -0.05) is 25.1 Å². The van der Waals surface area contributed by atoms with Gasteiger partial charge in [0, 0.05) is 5.56 Å². The van der Waals surface area contributed by atoms with Gasteiger partial charge in [-0.2, -0.15) is 0 Å². The number of carbonyl (C=O) groups is 1. The number of carbonyl (C=O) groups excluding carboxylic acids is 1. The van der Waals surface area contributed by atoms with Crippen molar-refractivity contribution in [3.8, 4) is 17.2 Å². The summed E-state index contributed by atoms with van der Waals surface area (Å²) in [7, 11) is 1.62. The number of hydrogen-bond donors (Lipinski definition) is 0. The van der Waals surface area contributed by atoms with Crippen LogP contribution in [0.5, 0.6) is 17.2 Å². The Labute approximate surface area is 131 Å². The van der Waals surface area contributed by atoms with Gasteiger partial charge in [-0.15, -0.1) is 0 Å². The molecule has 2 rings (SSSR count). The molecule has 0 bridgehead atoms. The van der Waals surface area contributed by atoms with E-state index in [4.69, 9.17) is 9.47 Å². The predicted molar refractivity (Wildman–Crippen MR) is 88.8 cm³/mol. The molecule has 0 atom stereocenters. The zero-order valence-electron chi connectivity index (χ0n) is 13.1. The highest BCUT2D eigenvalue weighted by atomic mass is 16.5. The Kier molecular flexibility index (Phi) is 5.37. The van der Waals surface area contributed by atoms with Crippen molar-refractivity contribution in [3.63, 3.8) is 0 Å². The van der Waals surface area contributed by atoms with Gasteiger partial charge in [-0.3, -0.25) is 4.79 Å². The van der Waals surface area contributed by atoms with Crippen LogP contribution in [0.1, 0.15) is 36.2 Å². The van der Waals surface area contributed by atoms with Gasteiger partial charge in [0.15, 0.2) is 17.3 Å². The molecule has 114 valence electrons. The van der Waals surface area contributed by atoms with Gasteiger partial charge in [0.25, 0.3) is 0 Å². The Morgan fingerprint density at radius 3 is 2.41 bits per heavy atom. The molecule has 0 N–H and O–H groups in total. The largest absolute Gasteiger partial charge is 0.493 e. The van der Waals surface area contributed by atoms with Crippen LogP contribution in [0, 0.1) is 0 Å². The Hall–Kier alpha value is -2.55. The summed E-state index contributed by atoms with van der Waals surface area (Å²) in [6.45, 7) is 3.64. The van der Waals surface area contributed by atoms with E-state index >= 15 is 0 Å². The van der Waals surface area contributed by atoms with E-state index in [1.54, 1.807) is 38.3 Å². The highest BCUT2D eigenvalue weighted by Gasteiger charge is 2.07. The van der Waals surface area contributed by atoms with E-state index in [1.807, 2.05) is 24.3 Å². The third-order valence-electron chi connectivity index (χ3n) is 3.22. The van der Waals surface area contributed by atoms with Gasteiger partial charge in [-0.25, -0.2) is 0 Å². The van der Waals surface area contributed by atoms with Crippen LogP contribution in [0.4, 0.5) is 0 Å². The second-order valence-electron chi connectivity index (χ2n) is 4.90. The average Bonchev–Trinajstić information content (AvgIpc) is 2.54. The predicted octanol–water partition coefficient (Wildman–Crippen LogP) is 5.11. The van der Waals surface area contributed by atoms with Crippen molar-refractivity contribution in [1.29, 1.82) is 0 Å². The molecule has 0 aromatic heterocycles. The van der Waals surface area contributed by atoms with Gasteiger partial charge in [0.2, 0.25) is 0 Å². The number of ketones is 1. The lowest BCUT2D eigenvalue weighted by Gasteiger charge is -2.11. The molecule has 0 aliphatic rings. The molecule has 0 aliphatic carbocycles.